The summed E-state index contributed by atoms with van der Waals surface area (Å²) in [5.41, 5.74) is 2.01. The second kappa shape index (κ2) is 8.06. The largest absolute Gasteiger partial charge is 0.497 e. The Morgan fingerprint density at radius 2 is 1.97 bits per heavy atom. The Kier molecular flexibility index (Phi) is 5.50. The molecule has 1 saturated heterocycles. The van der Waals surface area contributed by atoms with Crippen molar-refractivity contribution >= 4 is 27.4 Å². The van der Waals surface area contributed by atoms with Crippen molar-refractivity contribution in [3.8, 4) is 11.5 Å². The highest BCUT2D eigenvalue weighted by atomic mass is 79.9. The maximum Gasteiger partial charge on any atom is 0.223 e. The summed E-state index contributed by atoms with van der Waals surface area (Å²) >= 11 is 3.50. The third-order valence-electron chi connectivity index (χ3n) is 5.67. The molecule has 0 saturated carbocycles. The molecule has 152 valence electrons. The lowest BCUT2D eigenvalue weighted by Crippen LogP contribution is -2.31. The van der Waals surface area contributed by atoms with Crippen LogP contribution < -0.4 is 9.47 Å². The van der Waals surface area contributed by atoms with Gasteiger partial charge in [0, 0.05) is 29.6 Å². The number of benzene rings is 1. The minimum atomic E-state index is -0.0972. The second-order valence-corrected chi connectivity index (χ2v) is 8.38. The van der Waals surface area contributed by atoms with E-state index in [4.69, 9.17) is 9.47 Å². The number of nitrogens with zero attached hydrogens (tertiary/aromatic N) is 3. The zero-order chi connectivity index (χ0) is 20.5. The zero-order valence-corrected chi connectivity index (χ0v) is 18.3. The summed E-state index contributed by atoms with van der Waals surface area (Å²) in [7, 11) is 1.65. The number of carbonyl (C=O) groups excluding carboxylic acids is 1. The average molecular weight is 458 g/mol. The van der Waals surface area contributed by atoms with Crippen LogP contribution in [0, 0.1) is 5.92 Å². The van der Waals surface area contributed by atoms with Crippen LogP contribution in [0.3, 0.4) is 0 Å². The monoisotopic (exact) mass is 457 g/mol. The van der Waals surface area contributed by atoms with Crippen LogP contribution in [0.25, 0.3) is 5.52 Å². The van der Waals surface area contributed by atoms with Crippen LogP contribution in [-0.4, -0.2) is 40.2 Å². The van der Waals surface area contributed by atoms with Gasteiger partial charge in [0.1, 0.15) is 23.1 Å². The van der Waals surface area contributed by atoms with Crippen molar-refractivity contribution in [3.05, 3.63) is 58.8 Å². The third-order valence-corrected chi connectivity index (χ3v) is 6.10. The number of aromatic nitrogens is 2. The van der Waals surface area contributed by atoms with E-state index in [0.29, 0.717) is 13.0 Å². The Labute approximate surface area is 178 Å². The fourth-order valence-electron chi connectivity index (χ4n) is 3.87. The van der Waals surface area contributed by atoms with Crippen LogP contribution in [0.5, 0.6) is 11.5 Å². The van der Waals surface area contributed by atoms with Gasteiger partial charge in [-0.15, -0.1) is 0 Å². The summed E-state index contributed by atoms with van der Waals surface area (Å²) in [5, 5.41) is 4.27. The highest BCUT2D eigenvalue weighted by molar-refractivity contribution is 9.10. The minimum absolute atomic E-state index is 0.0120. The number of pyridine rings is 1. The molecule has 1 aromatic carbocycles. The molecule has 2 aromatic heterocycles. The molecule has 7 heteroatoms. The van der Waals surface area contributed by atoms with Crippen LogP contribution in [0.4, 0.5) is 0 Å². The van der Waals surface area contributed by atoms with Gasteiger partial charge in [-0.1, -0.05) is 12.1 Å². The van der Waals surface area contributed by atoms with Gasteiger partial charge in [-0.3, -0.25) is 4.79 Å². The molecule has 0 aliphatic carbocycles. The summed E-state index contributed by atoms with van der Waals surface area (Å²) < 4.78 is 14.2. The Bertz CT molecular complexity index is 1020. The van der Waals surface area contributed by atoms with E-state index in [1.54, 1.807) is 17.8 Å². The fourth-order valence-corrected chi connectivity index (χ4v) is 4.27. The molecule has 0 radical (unpaired) electrons. The number of ether oxygens (including phenoxy) is 2. The molecule has 1 unspecified atom stereocenters. The van der Waals surface area contributed by atoms with Crippen LogP contribution >= 0.6 is 15.9 Å². The van der Waals surface area contributed by atoms with Gasteiger partial charge in [0.25, 0.3) is 0 Å². The number of likely N-dealkylation sites (tertiary alicyclic amines) is 1. The predicted octanol–water partition coefficient (Wildman–Crippen LogP) is 4.48. The van der Waals surface area contributed by atoms with Crippen LogP contribution in [-0.2, 0) is 4.79 Å². The normalized spacial score (nSPS) is 18.8. The second-order valence-electron chi connectivity index (χ2n) is 7.47. The van der Waals surface area contributed by atoms with Crippen molar-refractivity contribution in [3.63, 3.8) is 0 Å². The number of carbonyl (C=O) groups is 1. The summed E-state index contributed by atoms with van der Waals surface area (Å²) in [4.78, 5) is 14.7. The van der Waals surface area contributed by atoms with Gasteiger partial charge in [0.15, 0.2) is 0 Å². The first kappa shape index (κ1) is 19.8. The molecule has 3 heterocycles. The summed E-state index contributed by atoms with van der Waals surface area (Å²) in [6, 6.07) is 11.8. The van der Waals surface area contributed by atoms with E-state index in [2.05, 4.69) is 28.0 Å². The van der Waals surface area contributed by atoms with Crippen molar-refractivity contribution in [2.24, 2.45) is 5.92 Å². The number of rotatable bonds is 6. The first-order chi connectivity index (χ1) is 14.0. The van der Waals surface area contributed by atoms with Crippen LogP contribution in [0.2, 0.25) is 0 Å². The summed E-state index contributed by atoms with van der Waals surface area (Å²) in [6.45, 7) is 4.78. The molecule has 6 nitrogen and oxygen atoms in total. The molecular formula is C22H24BrN3O3. The van der Waals surface area contributed by atoms with E-state index < -0.39 is 0 Å². The summed E-state index contributed by atoms with van der Waals surface area (Å²) in [6.07, 6.45) is 4.03. The van der Waals surface area contributed by atoms with Crippen molar-refractivity contribution in [2.75, 3.05) is 13.7 Å². The molecule has 4 rings (SSSR count). The Hall–Kier alpha value is -2.54. The van der Waals surface area contributed by atoms with Gasteiger partial charge in [0.05, 0.1) is 19.3 Å². The molecule has 3 aromatic rings. The SMILES string of the molecule is COc1ccc([C@@H](C)N2CC([C@@H](C)Oc3cc(Br)cn4nccc34)CC2=O)cc1. The van der Waals surface area contributed by atoms with Crippen molar-refractivity contribution < 1.29 is 14.3 Å². The van der Waals surface area contributed by atoms with E-state index in [9.17, 15) is 4.79 Å². The molecule has 1 aliphatic heterocycles. The molecule has 1 aliphatic rings. The molecule has 1 amide bonds. The molecule has 29 heavy (non-hydrogen) atoms. The Morgan fingerprint density at radius 1 is 1.21 bits per heavy atom. The highest BCUT2D eigenvalue weighted by Gasteiger charge is 2.37. The lowest BCUT2D eigenvalue weighted by molar-refractivity contribution is -0.129. The molecule has 0 N–H and O–H groups in total. The number of amides is 1. The van der Waals surface area contributed by atoms with Crippen molar-refractivity contribution in [1.29, 1.82) is 0 Å². The van der Waals surface area contributed by atoms with Gasteiger partial charge >= 0.3 is 0 Å². The van der Waals surface area contributed by atoms with Gasteiger partial charge in [-0.2, -0.15) is 5.10 Å². The topological polar surface area (TPSA) is 56.1 Å². The van der Waals surface area contributed by atoms with E-state index >= 15 is 0 Å². The van der Waals surface area contributed by atoms with Gasteiger partial charge < -0.3 is 14.4 Å². The van der Waals surface area contributed by atoms with Gasteiger partial charge in [0.2, 0.25) is 5.91 Å². The first-order valence-corrected chi connectivity index (χ1v) is 10.5. The molecule has 0 spiro atoms. The van der Waals surface area contributed by atoms with Crippen LogP contribution in [0.1, 0.15) is 31.9 Å². The summed E-state index contributed by atoms with van der Waals surface area (Å²) in [5.74, 6) is 1.87. The zero-order valence-electron chi connectivity index (χ0n) is 16.7. The number of hydrogen-bond acceptors (Lipinski definition) is 4. The highest BCUT2D eigenvalue weighted by Crippen LogP contribution is 2.33. The van der Waals surface area contributed by atoms with Gasteiger partial charge in [-0.25, -0.2) is 4.52 Å². The molecule has 1 fully saturated rings. The van der Waals surface area contributed by atoms with E-state index in [0.717, 1.165) is 27.1 Å². The molecule has 0 bridgehead atoms. The number of methoxy groups -OCH3 is 1. The minimum Gasteiger partial charge on any atom is -0.497 e. The van der Waals surface area contributed by atoms with E-state index in [-0.39, 0.29) is 24.0 Å². The van der Waals surface area contributed by atoms with Crippen molar-refractivity contribution in [1.82, 2.24) is 14.5 Å². The predicted molar refractivity (Wildman–Crippen MR) is 114 cm³/mol. The molecule has 3 atom stereocenters. The number of halogens is 1. The van der Waals surface area contributed by atoms with Crippen LogP contribution in [0.15, 0.2) is 53.3 Å². The number of hydrogen-bond donors (Lipinski definition) is 0. The van der Waals surface area contributed by atoms with E-state index in [1.807, 2.05) is 54.4 Å². The quantitative estimate of drug-likeness (QED) is 0.547. The maximum absolute atomic E-state index is 12.7. The lowest BCUT2D eigenvalue weighted by atomic mass is 10.0. The standard InChI is InChI=1S/C22H24BrN3O3/c1-14(16-4-6-19(28-3)7-5-16)25-12-17(10-22(25)27)15(2)29-21-11-18(23)13-26-20(21)8-9-24-26/h4-9,11,13-15,17H,10,12H2,1-3H3/t14-,15-,17?/m1/s1. The van der Waals surface area contributed by atoms with Crippen molar-refractivity contribution in [2.45, 2.75) is 32.4 Å². The molecular weight excluding hydrogens is 434 g/mol. The first-order valence-electron chi connectivity index (χ1n) is 9.69. The fraction of sp³-hybridized carbons (Fsp3) is 0.364. The number of fused-ring (bicyclic) bond motifs is 1. The third kappa shape index (κ3) is 3.96. The maximum atomic E-state index is 12.7. The smallest absolute Gasteiger partial charge is 0.223 e. The lowest BCUT2D eigenvalue weighted by Gasteiger charge is -2.27. The average Bonchev–Trinajstić information content (AvgIpc) is 3.34. The Morgan fingerprint density at radius 3 is 2.69 bits per heavy atom. The Balaban J connectivity index is 1.47. The van der Waals surface area contributed by atoms with Gasteiger partial charge in [-0.05, 0) is 59.6 Å². The van der Waals surface area contributed by atoms with E-state index in [1.165, 1.54) is 0 Å².